The van der Waals surface area contributed by atoms with Crippen molar-refractivity contribution in [1.29, 1.82) is 0 Å². The lowest BCUT2D eigenvalue weighted by molar-refractivity contribution is -0.145. The number of hydrogen-bond donors (Lipinski definition) is 3. The molecule has 1 aromatic carbocycles. The van der Waals surface area contributed by atoms with Gasteiger partial charge < -0.3 is 20.7 Å². The number of esters is 1. The zero-order chi connectivity index (χ0) is 15.3. The van der Waals surface area contributed by atoms with E-state index in [1.54, 1.807) is 6.07 Å². The van der Waals surface area contributed by atoms with Crippen LogP contribution in [0.3, 0.4) is 0 Å². The molecule has 112 valence electrons. The van der Waals surface area contributed by atoms with Crippen molar-refractivity contribution in [1.82, 2.24) is 0 Å². The molecule has 1 atom stereocenters. The first-order valence-electron chi connectivity index (χ1n) is 6.62. The molecule has 0 saturated heterocycles. The Balaban J connectivity index is 2.47. The van der Waals surface area contributed by atoms with Crippen LogP contribution in [0.4, 0.5) is 0 Å². The number of hydrogen-bond acceptors (Lipinski definition) is 5. The van der Waals surface area contributed by atoms with Gasteiger partial charge in [-0.3, -0.25) is 4.79 Å². The lowest BCUT2D eigenvalue weighted by atomic mass is 9.93. The van der Waals surface area contributed by atoms with E-state index in [-0.39, 0.29) is 23.3 Å². The van der Waals surface area contributed by atoms with Gasteiger partial charge in [0.2, 0.25) is 0 Å². The van der Waals surface area contributed by atoms with Gasteiger partial charge in [0.15, 0.2) is 11.5 Å². The highest BCUT2D eigenvalue weighted by atomic mass is 16.5. The minimum absolute atomic E-state index is 0.104. The molecule has 5 nitrogen and oxygen atoms in total. The first-order chi connectivity index (χ1) is 9.19. The van der Waals surface area contributed by atoms with E-state index in [0.29, 0.717) is 12.2 Å². The number of aromatic hydroxyl groups is 2. The van der Waals surface area contributed by atoms with Crippen molar-refractivity contribution in [2.24, 2.45) is 11.1 Å². The van der Waals surface area contributed by atoms with Crippen LogP contribution in [0.5, 0.6) is 11.5 Å². The predicted octanol–water partition coefficient (Wildman–Crippen LogP) is 1.95. The summed E-state index contributed by atoms with van der Waals surface area (Å²) in [6, 6.07) is 3.58. The van der Waals surface area contributed by atoms with Gasteiger partial charge in [0.25, 0.3) is 0 Å². The standard InChI is InChI=1S/C15H23NO4/c1-15(2,3)6-7-20-14(19)11(16)8-10-4-5-12(17)13(18)9-10/h4-5,9,11,17-18H,6-8,16H2,1-3H3. The van der Waals surface area contributed by atoms with Crippen LogP contribution in [0.1, 0.15) is 32.8 Å². The summed E-state index contributed by atoms with van der Waals surface area (Å²) in [6.07, 6.45) is 1.02. The molecule has 0 aliphatic heterocycles. The molecule has 0 saturated carbocycles. The van der Waals surface area contributed by atoms with Gasteiger partial charge in [-0.2, -0.15) is 0 Å². The molecule has 0 aromatic heterocycles. The quantitative estimate of drug-likeness (QED) is 0.566. The number of carbonyl (C=O) groups is 1. The number of benzene rings is 1. The van der Waals surface area contributed by atoms with Crippen molar-refractivity contribution in [3.8, 4) is 11.5 Å². The Labute approximate surface area is 119 Å². The highest BCUT2D eigenvalue weighted by Crippen LogP contribution is 2.25. The second-order valence-electron chi connectivity index (χ2n) is 6.11. The molecule has 20 heavy (non-hydrogen) atoms. The summed E-state index contributed by atoms with van der Waals surface area (Å²) in [6.45, 7) is 6.55. The lowest BCUT2D eigenvalue weighted by Crippen LogP contribution is -2.34. The number of carbonyl (C=O) groups excluding carboxylic acids is 1. The Morgan fingerprint density at radius 3 is 2.50 bits per heavy atom. The molecule has 0 amide bonds. The molecule has 1 aromatic rings. The Kier molecular flexibility index (Phi) is 5.39. The molecule has 0 radical (unpaired) electrons. The minimum atomic E-state index is -0.779. The summed E-state index contributed by atoms with van der Waals surface area (Å²) < 4.78 is 5.13. The molecule has 0 aliphatic carbocycles. The van der Waals surface area contributed by atoms with E-state index in [0.717, 1.165) is 6.42 Å². The van der Waals surface area contributed by atoms with Crippen LogP contribution in [-0.2, 0) is 16.0 Å². The molecule has 4 N–H and O–H groups in total. The fourth-order valence-corrected chi connectivity index (χ4v) is 1.60. The Hall–Kier alpha value is -1.75. The highest BCUT2D eigenvalue weighted by Gasteiger charge is 2.18. The summed E-state index contributed by atoms with van der Waals surface area (Å²) in [7, 11) is 0. The van der Waals surface area contributed by atoms with E-state index in [1.165, 1.54) is 12.1 Å². The van der Waals surface area contributed by atoms with E-state index in [4.69, 9.17) is 10.5 Å². The molecular weight excluding hydrogens is 258 g/mol. The van der Waals surface area contributed by atoms with Gasteiger partial charge in [-0.25, -0.2) is 0 Å². The highest BCUT2D eigenvalue weighted by molar-refractivity contribution is 5.75. The summed E-state index contributed by atoms with van der Waals surface area (Å²) in [5.74, 6) is -0.882. The van der Waals surface area contributed by atoms with Gasteiger partial charge in [0, 0.05) is 0 Å². The van der Waals surface area contributed by atoms with Gasteiger partial charge in [-0.05, 0) is 36.0 Å². The molecule has 0 bridgehead atoms. The molecule has 0 fully saturated rings. The Morgan fingerprint density at radius 1 is 1.30 bits per heavy atom. The smallest absolute Gasteiger partial charge is 0.323 e. The number of ether oxygens (including phenoxy) is 1. The number of phenols is 2. The molecular formula is C15H23NO4. The predicted molar refractivity (Wildman–Crippen MR) is 76.5 cm³/mol. The average Bonchev–Trinajstić information content (AvgIpc) is 2.32. The van der Waals surface area contributed by atoms with Crippen LogP contribution in [0.15, 0.2) is 18.2 Å². The van der Waals surface area contributed by atoms with Gasteiger partial charge in [-0.15, -0.1) is 0 Å². The third-order valence-corrected chi connectivity index (χ3v) is 2.89. The topological polar surface area (TPSA) is 92.8 Å². The number of rotatable bonds is 5. The Morgan fingerprint density at radius 2 is 1.95 bits per heavy atom. The molecule has 1 unspecified atom stereocenters. The van der Waals surface area contributed by atoms with Gasteiger partial charge >= 0.3 is 5.97 Å². The number of phenolic OH excluding ortho intramolecular Hbond substituents is 2. The van der Waals surface area contributed by atoms with Crippen molar-refractivity contribution in [3.63, 3.8) is 0 Å². The van der Waals surface area contributed by atoms with Crippen LogP contribution in [-0.4, -0.2) is 28.8 Å². The first-order valence-corrected chi connectivity index (χ1v) is 6.62. The summed E-state index contributed by atoms with van der Waals surface area (Å²) in [5, 5.41) is 18.6. The van der Waals surface area contributed by atoms with Crippen LogP contribution < -0.4 is 5.73 Å². The van der Waals surface area contributed by atoms with E-state index < -0.39 is 12.0 Å². The molecule has 1 rings (SSSR count). The summed E-state index contributed by atoms with van der Waals surface area (Å²) in [5.41, 5.74) is 6.54. The minimum Gasteiger partial charge on any atom is -0.504 e. The van der Waals surface area contributed by atoms with Crippen molar-refractivity contribution in [2.45, 2.75) is 39.7 Å². The van der Waals surface area contributed by atoms with Gasteiger partial charge in [0.1, 0.15) is 6.04 Å². The largest absolute Gasteiger partial charge is 0.504 e. The van der Waals surface area contributed by atoms with Crippen LogP contribution >= 0.6 is 0 Å². The Bertz CT molecular complexity index is 465. The van der Waals surface area contributed by atoms with Crippen molar-refractivity contribution >= 4 is 5.97 Å². The zero-order valence-corrected chi connectivity index (χ0v) is 12.2. The van der Waals surface area contributed by atoms with E-state index >= 15 is 0 Å². The van der Waals surface area contributed by atoms with Crippen molar-refractivity contribution in [2.75, 3.05) is 6.61 Å². The first kappa shape index (κ1) is 16.3. The van der Waals surface area contributed by atoms with E-state index in [2.05, 4.69) is 20.8 Å². The molecule has 5 heteroatoms. The van der Waals surface area contributed by atoms with Crippen molar-refractivity contribution in [3.05, 3.63) is 23.8 Å². The van der Waals surface area contributed by atoms with Gasteiger partial charge in [0.05, 0.1) is 6.61 Å². The maximum Gasteiger partial charge on any atom is 0.323 e. The van der Waals surface area contributed by atoms with Crippen LogP contribution in [0, 0.1) is 5.41 Å². The van der Waals surface area contributed by atoms with E-state index in [9.17, 15) is 15.0 Å². The van der Waals surface area contributed by atoms with Crippen LogP contribution in [0.2, 0.25) is 0 Å². The monoisotopic (exact) mass is 281 g/mol. The molecule has 0 spiro atoms. The third kappa shape index (κ3) is 5.48. The summed E-state index contributed by atoms with van der Waals surface area (Å²) >= 11 is 0. The number of nitrogens with two attached hydrogens (primary N) is 1. The molecule has 0 aliphatic rings. The average molecular weight is 281 g/mol. The lowest BCUT2D eigenvalue weighted by Gasteiger charge is -2.18. The normalized spacial score (nSPS) is 13.0. The summed E-state index contributed by atoms with van der Waals surface area (Å²) in [4.78, 5) is 11.7. The maximum absolute atomic E-state index is 11.7. The fourth-order valence-electron chi connectivity index (χ4n) is 1.60. The SMILES string of the molecule is CC(C)(C)CCOC(=O)C(N)Cc1ccc(O)c(O)c1. The fraction of sp³-hybridized carbons (Fsp3) is 0.533. The molecule has 0 heterocycles. The maximum atomic E-state index is 11.7. The van der Waals surface area contributed by atoms with Crippen LogP contribution in [0.25, 0.3) is 0 Å². The zero-order valence-electron chi connectivity index (χ0n) is 12.2. The van der Waals surface area contributed by atoms with Gasteiger partial charge in [-0.1, -0.05) is 26.8 Å². The second-order valence-corrected chi connectivity index (χ2v) is 6.11. The van der Waals surface area contributed by atoms with E-state index in [1.807, 2.05) is 0 Å². The van der Waals surface area contributed by atoms with Crippen molar-refractivity contribution < 1.29 is 19.7 Å². The second kappa shape index (κ2) is 6.61. The third-order valence-electron chi connectivity index (χ3n) is 2.89.